The quantitative estimate of drug-likeness (QED) is 0.547. The lowest BCUT2D eigenvalue weighted by Crippen LogP contribution is -2.32. The van der Waals surface area contributed by atoms with E-state index in [0.29, 0.717) is 0 Å². The molecule has 0 aliphatic carbocycles. The molecule has 0 amide bonds. The van der Waals surface area contributed by atoms with Gasteiger partial charge in [-0.3, -0.25) is 0 Å². The van der Waals surface area contributed by atoms with E-state index >= 15 is 0 Å². The monoisotopic (exact) mass is 159 g/mol. The summed E-state index contributed by atoms with van der Waals surface area (Å²) in [5.41, 5.74) is 0.548. The van der Waals surface area contributed by atoms with Crippen molar-refractivity contribution in [3.8, 4) is 12.1 Å². The highest BCUT2D eigenvalue weighted by Gasteiger charge is 2.05. The lowest BCUT2D eigenvalue weighted by Gasteiger charge is -1.91. The van der Waals surface area contributed by atoms with Crippen LogP contribution in [0.1, 0.15) is 18.3 Å². The molecule has 0 N–H and O–H groups in total. The minimum atomic E-state index is 0.274. The lowest BCUT2D eigenvalue weighted by molar-refractivity contribution is -0.694. The highest BCUT2D eigenvalue weighted by atomic mass is 15.0. The van der Waals surface area contributed by atoms with E-state index < -0.39 is 0 Å². The van der Waals surface area contributed by atoms with Crippen LogP contribution in [0, 0.1) is 22.7 Å². The van der Waals surface area contributed by atoms with E-state index in [-0.39, 0.29) is 11.4 Å². The average molecular weight is 159 g/mol. The Labute approximate surface area is 70.3 Å². The van der Waals surface area contributed by atoms with E-state index in [0.717, 1.165) is 6.54 Å². The number of hydrogen-bond donors (Lipinski definition) is 0. The molecule has 0 aromatic carbocycles. The molecule has 0 atom stereocenters. The molecule has 0 aliphatic rings. The molecule has 1 heterocycles. The third-order valence-corrected chi connectivity index (χ3v) is 1.41. The number of aromatic nitrogens is 2. The van der Waals surface area contributed by atoms with Crippen LogP contribution in [0.3, 0.4) is 0 Å². The maximum atomic E-state index is 8.54. The summed E-state index contributed by atoms with van der Waals surface area (Å²) in [6, 6.07) is 3.79. The number of nitrogens with zero attached hydrogens (tertiary/aromatic N) is 4. The van der Waals surface area contributed by atoms with Gasteiger partial charge in [0.1, 0.15) is 18.7 Å². The largest absolute Gasteiger partial charge is 0.215 e. The highest BCUT2D eigenvalue weighted by molar-refractivity contribution is 5.21. The summed E-state index contributed by atoms with van der Waals surface area (Å²) in [4.78, 5) is 3.78. The fraction of sp³-hybridized carbons (Fsp3) is 0.250. The van der Waals surface area contributed by atoms with Gasteiger partial charge in [0.05, 0.1) is 0 Å². The second-order valence-electron chi connectivity index (χ2n) is 2.19. The molecule has 4 nitrogen and oxygen atoms in total. The summed E-state index contributed by atoms with van der Waals surface area (Å²) >= 11 is 0. The van der Waals surface area contributed by atoms with Crippen LogP contribution >= 0.6 is 0 Å². The second kappa shape index (κ2) is 3.45. The minimum absolute atomic E-state index is 0.274. The molecule has 0 saturated carbocycles. The summed E-state index contributed by atoms with van der Waals surface area (Å²) < 4.78 is 1.75. The van der Waals surface area contributed by atoms with Crippen LogP contribution in [0.2, 0.25) is 0 Å². The molecule has 1 aromatic heterocycles. The third-order valence-electron chi connectivity index (χ3n) is 1.41. The Morgan fingerprint density at radius 3 is 2.17 bits per heavy atom. The molecule has 0 spiro atoms. The van der Waals surface area contributed by atoms with Gasteiger partial charge in [0.2, 0.25) is 23.8 Å². The van der Waals surface area contributed by atoms with Gasteiger partial charge in [-0.05, 0) is 6.92 Å². The molecule has 4 heteroatoms. The smallest absolute Gasteiger partial charge is 0.206 e. The van der Waals surface area contributed by atoms with Crippen LogP contribution in [0.25, 0.3) is 0 Å². The Bertz CT molecular complexity index is 337. The van der Waals surface area contributed by atoms with Gasteiger partial charge in [0, 0.05) is 0 Å². The van der Waals surface area contributed by atoms with Crippen molar-refractivity contribution in [2.24, 2.45) is 0 Å². The van der Waals surface area contributed by atoms with Crippen LogP contribution in [0.5, 0.6) is 0 Å². The van der Waals surface area contributed by atoms with E-state index in [1.54, 1.807) is 17.0 Å². The molecular weight excluding hydrogens is 152 g/mol. The molecule has 0 fully saturated rings. The Morgan fingerprint density at radius 2 is 1.83 bits per heavy atom. The van der Waals surface area contributed by atoms with Crippen molar-refractivity contribution in [2.45, 2.75) is 13.5 Å². The first-order valence-electron chi connectivity index (χ1n) is 3.51. The Morgan fingerprint density at radius 1 is 1.33 bits per heavy atom. The molecule has 1 aromatic rings. The van der Waals surface area contributed by atoms with Crippen molar-refractivity contribution in [3.63, 3.8) is 0 Å². The topological polar surface area (TPSA) is 64.3 Å². The van der Waals surface area contributed by atoms with Crippen molar-refractivity contribution < 1.29 is 4.57 Å². The predicted octanol–water partition coefficient (Wildman–Crippen LogP) is 0.132. The van der Waals surface area contributed by atoms with E-state index in [1.807, 2.05) is 19.1 Å². The van der Waals surface area contributed by atoms with E-state index in [1.165, 1.54) is 0 Å². The standard InChI is InChI=1S/C8H7N4/c1-2-12-5-7(3-9)11-8(4-10)6-12/h5-6H,2H2,1H3/q+1. The summed E-state index contributed by atoms with van der Waals surface area (Å²) in [5.74, 6) is 0. The number of nitriles is 2. The van der Waals surface area contributed by atoms with Gasteiger partial charge >= 0.3 is 0 Å². The second-order valence-corrected chi connectivity index (χ2v) is 2.19. The molecular formula is C8H7N4+. The van der Waals surface area contributed by atoms with Crippen LogP contribution < -0.4 is 4.57 Å². The van der Waals surface area contributed by atoms with E-state index in [2.05, 4.69) is 4.98 Å². The molecule has 0 aliphatic heterocycles. The maximum absolute atomic E-state index is 8.54. The highest BCUT2D eigenvalue weighted by Crippen LogP contribution is 1.90. The first-order valence-corrected chi connectivity index (χ1v) is 3.51. The van der Waals surface area contributed by atoms with Gasteiger partial charge in [-0.1, -0.05) is 0 Å². The third kappa shape index (κ3) is 1.56. The Balaban J connectivity index is 3.24. The summed E-state index contributed by atoms with van der Waals surface area (Å²) in [5, 5.41) is 17.1. The van der Waals surface area contributed by atoms with E-state index in [4.69, 9.17) is 10.5 Å². The molecule has 58 valence electrons. The van der Waals surface area contributed by atoms with Crippen LogP contribution in [0.4, 0.5) is 0 Å². The molecule has 12 heavy (non-hydrogen) atoms. The van der Waals surface area contributed by atoms with Crippen LogP contribution in [-0.2, 0) is 6.54 Å². The van der Waals surface area contributed by atoms with Gasteiger partial charge in [0.15, 0.2) is 0 Å². The van der Waals surface area contributed by atoms with Gasteiger partial charge in [-0.15, -0.1) is 0 Å². The first-order chi connectivity index (χ1) is 5.80. The van der Waals surface area contributed by atoms with Crippen LogP contribution in [-0.4, -0.2) is 4.98 Å². The fourth-order valence-corrected chi connectivity index (χ4v) is 0.829. The Kier molecular flexibility index (Phi) is 2.35. The molecule has 0 saturated heterocycles. The van der Waals surface area contributed by atoms with Crippen molar-refractivity contribution >= 4 is 0 Å². The molecule has 0 bridgehead atoms. The Hall–Kier alpha value is -1.94. The normalized spacial score (nSPS) is 8.58. The number of hydrogen-bond acceptors (Lipinski definition) is 3. The number of aryl methyl sites for hydroxylation is 1. The summed E-state index contributed by atoms with van der Waals surface area (Å²) in [7, 11) is 0. The number of rotatable bonds is 1. The van der Waals surface area contributed by atoms with Gasteiger partial charge in [-0.25, -0.2) is 9.55 Å². The summed E-state index contributed by atoms with van der Waals surface area (Å²) in [6.07, 6.45) is 3.22. The average Bonchev–Trinajstić information content (AvgIpc) is 2.16. The zero-order valence-electron chi connectivity index (χ0n) is 6.65. The van der Waals surface area contributed by atoms with Gasteiger partial charge in [0.25, 0.3) is 0 Å². The van der Waals surface area contributed by atoms with Crippen molar-refractivity contribution in [3.05, 3.63) is 23.8 Å². The zero-order valence-corrected chi connectivity index (χ0v) is 6.65. The van der Waals surface area contributed by atoms with E-state index in [9.17, 15) is 0 Å². The first kappa shape index (κ1) is 8.16. The minimum Gasteiger partial charge on any atom is -0.215 e. The lowest BCUT2D eigenvalue weighted by atomic mass is 10.4. The molecule has 1 rings (SSSR count). The van der Waals surface area contributed by atoms with Gasteiger partial charge in [-0.2, -0.15) is 10.5 Å². The van der Waals surface area contributed by atoms with Crippen LogP contribution in [0.15, 0.2) is 12.4 Å². The van der Waals surface area contributed by atoms with Crippen molar-refractivity contribution in [1.29, 1.82) is 10.5 Å². The maximum Gasteiger partial charge on any atom is 0.206 e. The molecule has 0 radical (unpaired) electrons. The fourth-order valence-electron chi connectivity index (χ4n) is 0.829. The summed E-state index contributed by atoms with van der Waals surface area (Å²) in [6.45, 7) is 2.66. The molecule has 0 unspecified atom stereocenters. The predicted molar refractivity (Wildman–Crippen MR) is 39.5 cm³/mol. The SMILES string of the molecule is CC[n+]1cc(C#N)nc(C#N)c1. The van der Waals surface area contributed by atoms with Crippen molar-refractivity contribution in [1.82, 2.24) is 4.98 Å². The zero-order chi connectivity index (χ0) is 8.97. The van der Waals surface area contributed by atoms with Crippen molar-refractivity contribution in [2.75, 3.05) is 0 Å². The van der Waals surface area contributed by atoms with Gasteiger partial charge < -0.3 is 0 Å².